The molecule has 0 saturated carbocycles. The molecule has 122 valence electrons. The van der Waals surface area contributed by atoms with E-state index >= 15 is 0 Å². The Kier molecular flexibility index (Phi) is 3.69. The quantitative estimate of drug-likeness (QED) is 0.569. The van der Waals surface area contributed by atoms with Gasteiger partial charge in [0.15, 0.2) is 5.65 Å². The van der Waals surface area contributed by atoms with Crippen LogP contribution in [-0.4, -0.2) is 25.7 Å². The van der Waals surface area contributed by atoms with Gasteiger partial charge in [0, 0.05) is 42.6 Å². The molecular weight excluding hydrogens is 298 g/mol. The minimum absolute atomic E-state index is 0.893. The Balaban J connectivity index is 1.44. The van der Waals surface area contributed by atoms with Crippen molar-refractivity contribution in [1.82, 2.24) is 19.2 Å². The van der Waals surface area contributed by atoms with Crippen molar-refractivity contribution in [2.24, 2.45) is 0 Å². The number of nitrogens with one attached hydrogen (secondary N) is 1. The van der Waals surface area contributed by atoms with E-state index in [0.29, 0.717) is 0 Å². The number of para-hydroxylation sites is 1. The molecule has 0 saturated heterocycles. The van der Waals surface area contributed by atoms with Gasteiger partial charge in [0.2, 0.25) is 0 Å². The second-order valence-electron chi connectivity index (χ2n) is 6.19. The van der Waals surface area contributed by atoms with Crippen molar-refractivity contribution in [1.29, 1.82) is 0 Å². The highest BCUT2D eigenvalue weighted by atomic mass is 15.3. The van der Waals surface area contributed by atoms with Crippen LogP contribution in [0, 0.1) is 13.8 Å². The molecule has 5 heteroatoms. The maximum absolute atomic E-state index is 4.52. The molecular formula is C19H21N5. The van der Waals surface area contributed by atoms with Gasteiger partial charge < -0.3 is 9.88 Å². The number of fused-ring (bicyclic) bond motifs is 2. The topological polar surface area (TPSA) is 47.2 Å². The molecule has 0 amide bonds. The number of aryl methyl sites for hydroxylation is 3. The van der Waals surface area contributed by atoms with E-state index in [4.69, 9.17) is 0 Å². The molecule has 0 aliphatic rings. The highest BCUT2D eigenvalue weighted by Crippen LogP contribution is 2.16. The zero-order valence-corrected chi connectivity index (χ0v) is 14.0. The summed E-state index contributed by atoms with van der Waals surface area (Å²) in [6.07, 6.45) is 3.21. The minimum atomic E-state index is 0.893. The van der Waals surface area contributed by atoms with Crippen LogP contribution in [0.15, 0.2) is 48.7 Å². The lowest BCUT2D eigenvalue weighted by molar-refractivity contribution is 0.680. The molecule has 0 atom stereocenters. The fraction of sp³-hybridized carbons (Fsp3) is 0.263. The lowest BCUT2D eigenvalue weighted by Gasteiger charge is -2.10. The number of benzene rings is 1. The summed E-state index contributed by atoms with van der Waals surface area (Å²) in [6, 6.07) is 14.7. The third-order valence-corrected chi connectivity index (χ3v) is 4.24. The van der Waals surface area contributed by atoms with E-state index < -0.39 is 0 Å². The Morgan fingerprint density at radius 1 is 1.04 bits per heavy atom. The van der Waals surface area contributed by atoms with Gasteiger partial charge in [-0.15, -0.1) is 0 Å². The van der Waals surface area contributed by atoms with E-state index in [2.05, 4.69) is 56.5 Å². The van der Waals surface area contributed by atoms with Crippen molar-refractivity contribution < 1.29 is 0 Å². The fourth-order valence-corrected chi connectivity index (χ4v) is 3.14. The van der Waals surface area contributed by atoms with Crippen LogP contribution in [0.2, 0.25) is 0 Å². The molecule has 0 aliphatic heterocycles. The third kappa shape index (κ3) is 2.73. The lowest BCUT2D eigenvalue weighted by atomic mass is 10.2. The Labute approximate surface area is 140 Å². The molecule has 0 spiro atoms. The highest BCUT2D eigenvalue weighted by molar-refractivity contribution is 5.79. The summed E-state index contributed by atoms with van der Waals surface area (Å²) in [4.78, 5) is 4.52. The second-order valence-corrected chi connectivity index (χ2v) is 6.19. The van der Waals surface area contributed by atoms with E-state index in [9.17, 15) is 0 Å². The predicted octanol–water partition coefficient (Wildman–Crippen LogP) is 3.80. The number of nitrogens with zero attached hydrogens (tertiary/aromatic N) is 4. The van der Waals surface area contributed by atoms with Crippen molar-refractivity contribution >= 4 is 22.4 Å². The smallest absolute Gasteiger partial charge is 0.157 e. The van der Waals surface area contributed by atoms with Gasteiger partial charge in [-0.2, -0.15) is 9.61 Å². The van der Waals surface area contributed by atoms with E-state index in [0.717, 1.165) is 42.4 Å². The molecule has 5 nitrogen and oxygen atoms in total. The number of anilines is 1. The first-order valence-electron chi connectivity index (χ1n) is 8.32. The van der Waals surface area contributed by atoms with Crippen molar-refractivity contribution in [3.8, 4) is 0 Å². The maximum Gasteiger partial charge on any atom is 0.157 e. The molecule has 4 aromatic rings. The van der Waals surface area contributed by atoms with Crippen LogP contribution >= 0.6 is 0 Å². The summed E-state index contributed by atoms with van der Waals surface area (Å²) in [5, 5.41) is 9.30. The van der Waals surface area contributed by atoms with Crippen LogP contribution in [0.5, 0.6) is 0 Å². The largest absolute Gasteiger partial charge is 0.370 e. The fourth-order valence-electron chi connectivity index (χ4n) is 3.14. The van der Waals surface area contributed by atoms with Crippen LogP contribution in [0.4, 0.5) is 5.82 Å². The molecule has 0 radical (unpaired) electrons. The predicted molar refractivity (Wildman–Crippen MR) is 97.5 cm³/mol. The minimum Gasteiger partial charge on any atom is -0.370 e. The Morgan fingerprint density at radius 3 is 2.83 bits per heavy atom. The molecule has 1 aromatic carbocycles. The summed E-state index contributed by atoms with van der Waals surface area (Å²) < 4.78 is 4.19. The summed E-state index contributed by atoms with van der Waals surface area (Å²) in [7, 11) is 0. The summed E-state index contributed by atoms with van der Waals surface area (Å²) in [5.41, 5.74) is 4.17. The average Bonchev–Trinajstić information content (AvgIpc) is 3.14. The number of hydrogen-bond donors (Lipinski definition) is 1. The van der Waals surface area contributed by atoms with Gasteiger partial charge in [0.05, 0.1) is 5.69 Å². The van der Waals surface area contributed by atoms with E-state index in [-0.39, 0.29) is 0 Å². The lowest BCUT2D eigenvalue weighted by Crippen LogP contribution is -2.10. The van der Waals surface area contributed by atoms with Crippen LogP contribution in [0.1, 0.15) is 17.8 Å². The van der Waals surface area contributed by atoms with Gasteiger partial charge in [-0.05, 0) is 37.8 Å². The second kappa shape index (κ2) is 6.00. The van der Waals surface area contributed by atoms with Crippen LogP contribution in [-0.2, 0) is 6.54 Å². The van der Waals surface area contributed by atoms with Gasteiger partial charge in [-0.1, -0.05) is 18.2 Å². The summed E-state index contributed by atoms with van der Waals surface area (Å²) >= 11 is 0. The van der Waals surface area contributed by atoms with Crippen molar-refractivity contribution in [2.75, 3.05) is 11.9 Å². The van der Waals surface area contributed by atoms with Gasteiger partial charge in [-0.25, -0.2) is 4.98 Å². The van der Waals surface area contributed by atoms with Gasteiger partial charge in [0.25, 0.3) is 0 Å². The van der Waals surface area contributed by atoms with Crippen LogP contribution in [0.3, 0.4) is 0 Å². The Bertz CT molecular complexity index is 996. The van der Waals surface area contributed by atoms with Crippen LogP contribution < -0.4 is 5.32 Å². The molecule has 0 bridgehead atoms. The molecule has 4 rings (SSSR count). The van der Waals surface area contributed by atoms with E-state index in [1.165, 1.54) is 10.9 Å². The first kappa shape index (κ1) is 14.8. The van der Waals surface area contributed by atoms with E-state index in [1.54, 1.807) is 0 Å². The number of rotatable bonds is 5. The summed E-state index contributed by atoms with van der Waals surface area (Å²) in [5.74, 6) is 1.00. The molecule has 0 aliphatic carbocycles. The standard InChI is InChI=1S/C19H21N5/c1-14-12-18(24-19(21-14)13-15(2)22-24)20-9-5-10-23-11-8-16-6-3-4-7-17(16)23/h3-4,6-8,11-13,20H,5,9-10H2,1-2H3. The zero-order valence-electron chi connectivity index (χ0n) is 14.0. The first-order chi connectivity index (χ1) is 11.7. The SMILES string of the molecule is Cc1cc(NCCCn2ccc3ccccc32)n2nc(C)cc2n1. The Hall–Kier alpha value is -2.82. The molecule has 1 N–H and O–H groups in total. The van der Waals surface area contributed by atoms with Gasteiger partial charge in [-0.3, -0.25) is 0 Å². The molecule has 0 unspecified atom stereocenters. The molecule has 3 aromatic heterocycles. The molecule has 3 heterocycles. The van der Waals surface area contributed by atoms with Crippen molar-refractivity contribution in [2.45, 2.75) is 26.8 Å². The highest BCUT2D eigenvalue weighted by Gasteiger charge is 2.06. The van der Waals surface area contributed by atoms with E-state index in [1.807, 2.05) is 30.5 Å². The van der Waals surface area contributed by atoms with Gasteiger partial charge >= 0.3 is 0 Å². The zero-order chi connectivity index (χ0) is 16.5. The average molecular weight is 319 g/mol. The molecule has 24 heavy (non-hydrogen) atoms. The number of aromatic nitrogens is 4. The van der Waals surface area contributed by atoms with Crippen LogP contribution in [0.25, 0.3) is 16.6 Å². The third-order valence-electron chi connectivity index (χ3n) is 4.24. The number of hydrogen-bond acceptors (Lipinski definition) is 3. The monoisotopic (exact) mass is 319 g/mol. The Morgan fingerprint density at radius 2 is 1.92 bits per heavy atom. The summed E-state index contributed by atoms with van der Waals surface area (Å²) in [6.45, 7) is 5.89. The molecule has 0 fully saturated rings. The maximum atomic E-state index is 4.52. The first-order valence-corrected chi connectivity index (χ1v) is 8.32. The van der Waals surface area contributed by atoms with Gasteiger partial charge in [0.1, 0.15) is 5.82 Å². The van der Waals surface area contributed by atoms with Crippen molar-refractivity contribution in [3.05, 3.63) is 60.0 Å². The van der Waals surface area contributed by atoms with Crippen molar-refractivity contribution in [3.63, 3.8) is 0 Å². The normalized spacial score (nSPS) is 11.4.